The molecule has 1 saturated heterocycles. The molecular formula is C27H40O7. The second-order valence-corrected chi connectivity index (χ2v) is 12.3. The van der Waals surface area contributed by atoms with Gasteiger partial charge in [-0.3, -0.25) is 14.4 Å². The van der Waals surface area contributed by atoms with E-state index in [2.05, 4.69) is 20.8 Å². The zero-order valence-electron chi connectivity index (χ0n) is 22.1. The third-order valence-corrected chi connectivity index (χ3v) is 8.77. The van der Waals surface area contributed by atoms with Gasteiger partial charge in [0.2, 0.25) is 5.78 Å². The van der Waals surface area contributed by atoms with E-state index in [-0.39, 0.29) is 41.5 Å². The van der Waals surface area contributed by atoms with Crippen molar-refractivity contribution < 1.29 is 33.3 Å². The van der Waals surface area contributed by atoms with Crippen LogP contribution in [0.15, 0.2) is 11.1 Å². The largest absolute Gasteiger partial charge is 0.465 e. The van der Waals surface area contributed by atoms with Crippen LogP contribution in [0.3, 0.4) is 0 Å². The first-order valence-electron chi connectivity index (χ1n) is 12.6. The van der Waals surface area contributed by atoms with Crippen molar-refractivity contribution in [2.24, 2.45) is 28.6 Å². The fourth-order valence-electron chi connectivity index (χ4n) is 7.94. The van der Waals surface area contributed by atoms with Crippen molar-refractivity contribution >= 4 is 17.7 Å². The topological polar surface area (TPSA) is 88.1 Å². The molecule has 1 heterocycles. The average molecular weight is 477 g/mol. The van der Waals surface area contributed by atoms with Crippen LogP contribution in [0.2, 0.25) is 0 Å². The molecule has 0 radical (unpaired) electrons. The van der Waals surface area contributed by atoms with Crippen LogP contribution in [0.5, 0.6) is 0 Å². The minimum absolute atomic E-state index is 0.0790. The number of hydrogen-bond acceptors (Lipinski definition) is 7. The van der Waals surface area contributed by atoms with Gasteiger partial charge in [0.25, 0.3) is 0 Å². The summed E-state index contributed by atoms with van der Waals surface area (Å²) in [6.45, 7) is 17.2. The first-order chi connectivity index (χ1) is 15.6. The van der Waals surface area contributed by atoms with Crippen LogP contribution >= 0.6 is 0 Å². The number of ether oxygens (including phenoxy) is 4. The summed E-state index contributed by atoms with van der Waals surface area (Å²) >= 11 is 0. The van der Waals surface area contributed by atoms with Gasteiger partial charge in [-0.1, -0.05) is 41.0 Å². The predicted molar refractivity (Wildman–Crippen MR) is 125 cm³/mol. The monoisotopic (exact) mass is 476 g/mol. The van der Waals surface area contributed by atoms with Gasteiger partial charge in [0.1, 0.15) is 11.7 Å². The molecule has 190 valence electrons. The fraction of sp³-hybridized carbons (Fsp3) is 0.815. The van der Waals surface area contributed by atoms with E-state index in [0.717, 1.165) is 24.8 Å². The molecule has 0 amide bonds. The first kappa shape index (κ1) is 25.4. The summed E-state index contributed by atoms with van der Waals surface area (Å²) in [5, 5.41) is 0. The molecule has 0 aromatic carbocycles. The molecule has 0 aromatic heterocycles. The Bertz CT molecular complexity index is 945. The third kappa shape index (κ3) is 3.48. The van der Waals surface area contributed by atoms with E-state index < -0.39 is 35.0 Å². The zero-order valence-corrected chi connectivity index (χ0v) is 22.1. The number of hydrogen-bond donors (Lipinski definition) is 0. The van der Waals surface area contributed by atoms with Gasteiger partial charge in [-0.2, -0.15) is 0 Å². The first-order valence-corrected chi connectivity index (χ1v) is 12.6. The second-order valence-electron chi connectivity index (χ2n) is 12.3. The van der Waals surface area contributed by atoms with Gasteiger partial charge in [0.15, 0.2) is 11.9 Å². The van der Waals surface area contributed by atoms with E-state index in [9.17, 15) is 14.4 Å². The highest BCUT2D eigenvalue weighted by Crippen LogP contribution is 2.68. The molecule has 0 unspecified atom stereocenters. The van der Waals surface area contributed by atoms with Crippen molar-refractivity contribution in [1.82, 2.24) is 0 Å². The summed E-state index contributed by atoms with van der Waals surface area (Å²) in [5.41, 5.74) is -0.0842. The lowest BCUT2D eigenvalue weighted by Gasteiger charge is -2.50. The lowest BCUT2D eigenvalue weighted by molar-refractivity contribution is -0.207. The van der Waals surface area contributed by atoms with Crippen LogP contribution in [0.4, 0.5) is 0 Å². The number of Topliss-reactive ketones (excluding diaryl/α,β-unsaturated/α-hetero) is 1. The summed E-state index contributed by atoms with van der Waals surface area (Å²) in [6.07, 6.45) is 1.19. The summed E-state index contributed by atoms with van der Waals surface area (Å²) in [6, 6.07) is 0. The van der Waals surface area contributed by atoms with Gasteiger partial charge in [0, 0.05) is 30.8 Å². The van der Waals surface area contributed by atoms with Crippen LogP contribution in [-0.2, 0) is 33.3 Å². The van der Waals surface area contributed by atoms with Crippen molar-refractivity contribution in [3.05, 3.63) is 11.1 Å². The number of fused-ring (bicyclic) bond motifs is 4. The van der Waals surface area contributed by atoms with Crippen molar-refractivity contribution in [3.63, 3.8) is 0 Å². The smallest absolute Gasteiger partial charge is 0.303 e. The Morgan fingerprint density at radius 3 is 2.26 bits per heavy atom. The van der Waals surface area contributed by atoms with Crippen LogP contribution in [0.25, 0.3) is 0 Å². The number of ketones is 1. The van der Waals surface area contributed by atoms with Gasteiger partial charge >= 0.3 is 11.9 Å². The Balaban J connectivity index is 1.99. The number of carbonyl (C=O) groups excluding carboxylic acids is 3. The Morgan fingerprint density at radius 1 is 1.06 bits per heavy atom. The summed E-state index contributed by atoms with van der Waals surface area (Å²) in [5.74, 6) is -2.31. The van der Waals surface area contributed by atoms with Crippen molar-refractivity contribution in [1.29, 1.82) is 0 Å². The van der Waals surface area contributed by atoms with Gasteiger partial charge in [-0.15, -0.1) is 0 Å². The van der Waals surface area contributed by atoms with E-state index in [4.69, 9.17) is 18.9 Å². The highest BCUT2D eigenvalue weighted by atomic mass is 16.8. The molecule has 2 fully saturated rings. The lowest BCUT2D eigenvalue weighted by atomic mass is 9.54. The molecule has 34 heavy (non-hydrogen) atoms. The zero-order chi connectivity index (χ0) is 25.4. The summed E-state index contributed by atoms with van der Waals surface area (Å²) < 4.78 is 24.5. The van der Waals surface area contributed by atoms with Crippen molar-refractivity contribution in [2.75, 3.05) is 6.61 Å². The van der Waals surface area contributed by atoms with Crippen LogP contribution in [0, 0.1) is 28.6 Å². The van der Waals surface area contributed by atoms with Gasteiger partial charge in [-0.05, 0) is 49.5 Å². The van der Waals surface area contributed by atoms with E-state index in [1.54, 1.807) is 0 Å². The second kappa shape index (κ2) is 7.89. The Labute approximate surface area is 202 Å². The molecule has 4 rings (SSSR count). The summed E-state index contributed by atoms with van der Waals surface area (Å²) in [4.78, 5) is 38.5. The average Bonchev–Trinajstić information content (AvgIpc) is 3.12. The summed E-state index contributed by atoms with van der Waals surface area (Å²) in [7, 11) is 0. The molecule has 7 heteroatoms. The molecule has 0 spiro atoms. The van der Waals surface area contributed by atoms with Gasteiger partial charge < -0.3 is 18.9 Å². The molecule has 6 atom stereocenters. The van der Waals surface area contributed by atoms with E-state index in [1.165, 1.54) is 13.8 Å². The van der Waals surface area contributed by atoms with E-state index in [0.29, 0.717) is 5.57 Å². The van der Waals surface area contributed by atoms with Gasteiger partial charge in [0.05, 0.1) is 6.61 Å². The number of carbonyl (C=O) groups is 3. The van der Waals surface area contributed by atoms with Crippen molar-refractivity contribution in [3.8, 4) is 0 Å². The van der Waals surface area contributed by atoms with E-state index in [1.807, 2.05) is 27.7 Å². The Kier molecular flexibility index (Phi) is 5.88. The Morgan fingerprint density at radius 2 is 1.71 bits per heavy atom. The van der Waals surface area contributed by atoms with Crippen molar-refractivity contribution in [2.45, 2.75) is 105 Å². The number of rotatable bonds is 4. The molecule has 0 aromatic rings. The highest BCUT2D eigenvalue weighted by molar-refractivity contribution is 6.05. The molecule has 0 bridgehead atoms. The van der Waals surface area contributed by atoms with Crippen LogP contribution in [-0.4, -0.2) is 47.9 Å². The predicted octanol–water partition coefficient (Wildman–Crippen LogP) is 4.37. The molecule has 4 aliphatic rings. The van der Waals surface area contributed by atoms with Gasteiger partial charge in [-0.25, -0.2) is 0 Å². The Hall–Kier alpha value is -1.73. The maximum absolute atomic E-state index is 14.4. The lowest BCUT2D eigenvalue weighted by Crippen LogP contribution is -2.63. The highest BCUT2D eigenvalue weighted by Gasteiger charge is 2.73. The minimum Gasteiger partial charge on any atom is -0.465 e. The van der Waals surface area contributed by atoms with E-state index >= 15 is 0 Å². The standard InChI is InChI=1S/C27H40O7/c1-14(2)27-22(33-25(7,8)34-27)18-17(13-31-15(3)28)21-24(5,6)11-10-12-26(21,9)19(18)20(30)23(27)32-16(4)29/h14,17,21-23H,10-13H2,1-9H3/t17-,21-,22-,23-,26+,27-/m0/s1. The minimum atomic E-state index is -1.16. The third-order valence-electron chi connectivity index (χ3n) is 8.77. The molecule has 0 N–H and O–H groups in total. The number of esters is 2. The maximum atomic E-state index is 14.4. The molecule has 7 nitrogen and oxygen atoms in total. The molecular weight excluding hydrogens is 436 g/mol. The quantitative estimate of drug-likeness (QED) is 0.557. The molecule has 1 saturated carbocycles. The maximum Gasteiger partial charge on any atom is 0.303 e. The molecule has 1 aliphatic heterocycles. The fourth-order valence-corrected chi connectivity index (χ4v) is 7.94. The molecule has 3 aliphatic carbocycles. The SMILES string of the molecule is CC(=O)OC[C@H]1C2=C(C(=O)[C@H](OC(C)=O)[C@@]3(C(C)C)OC(C)(C)O[C@@H]23)[C@@]2(C)CCCC(C)(C)[C@H]12. The normalized spacial score (nSPS) is 40.0. The van der Waals surface area contributed by atoms with Crippen LogP contribution in [0.1, 0.15) is 81.6 Å². The van der Waals surface area contributed by atoms with Crippen LogP contribution < -0.4 is 0 Å².